The van der Waals surface area contributed by atoms with Gasteiger partial charge >= 0.3 is 0 Å². The number of hydrogen-bond donors (Lipinski definition) is 1. The zero-order valence-corrected chi connectivity index (χ0v) is 11.2. The van der Waals surface area contributed by atoms with Gasteiger partial charge in [0.2, 0.25) is 0 Å². The molecule has 0 spiro atoms. The van der Waals surface area contributed by atoms with Crippen LogP contribution in [-0.4, -0.2) is 37.3 Å². The van der Waals surface area contributed by atoms with E-state index >= 15 is 0 Å². The Bertz CT molecular complexity index is 448. The van der Waals surface area contributed by atoms with E-state index in [1.165, 1.54) is 38.0 Å². The minimum atomic E-state index is 0.517. The third-order valence-corrected chi connectivity index (χ3v) is 4.66. The average molecular weight is 259 g/mol. The van der Waals surface area contributed by atoms with Gasteiger partial charge in [-0.3, -0.25) is 4.98 Å². The summed E-state index contributed by atoms with van der Waals surface area (Å²) in [5.74, 6) is 2.81. The number of anilines is 1. The third kappa shape index (κ3) is 2.41. The van der Waals surface area contributed by atoms with Crippen molar-refractivity contribution in [2.24, 2.45) is 11.8 Å². The van der Waals surface area contributed by atoms with Gasteiger partial charge in [-0.25, -0.2) is 0 Å². The number of hydrogen-bond acceptors (Lipinski definition) is 4. The van der Waals surface area contributed by atoms with Crippen LogP contribution < -0.4 is 15.0 Å². The predicted octanol–water partition coefficient (Wildman–Crippen LogP) is 1.67. The number of ether oxygens (including phenoxy) is 1. The van der Waals surface area contributed by atoms with E-state index in [2.05, 4.69) is 21.3 Å². The van der Waals surface area contributed by atoms with Gasteiger partial charge in [-0.15, -0.1) is 0 Å². The van der Waals surface area contributed by atoms with Crippen LogP contribution in [0.25, 0.3) is 0 Å². The Balaban J connectivity index is 1.38. The highest BCUT2D eigenvalue weighted by atomic mass is 16.5. The van der Waals surface area contributed by atoms with Crippen molar-refractivity contribution in [3.8, 4) is 5.75 Å². The third-order valence-electron chi connectivity index (χ3n) is 4.66. The van der Waals surface area contributed by atoms with Crippen LogP contribution in [0.5, 0.6) is 5.75 Å². The van der Waals surface area contributed by atoms with Crippen molar-refractivity contribution in [3.63, 3.8) is 0 Å². The molecule has 1 unspecified atom stereocenters. The van der Waals surface area contributed by atoms with Crippen molar-refractivity contribution in [2.45, 2.75) is 25.3 Å². The lowest BCUT2D eigenvalue weighted by molar-refractivity contribution is 0.276. The molecule has 3 aliphatic rings. The molecule has 0 amide bonds. The molecule has 3 fully saturated rings. The molecule has 0 aromatic carbocycles. The fourth-order valence-corrected chi connectivity index (χ4v) is 3.36. The minimum absolute atomic E-state index is 0.517. The number of rotatable bonds is 4. The highest BCUT2D eigenvalue weighted by molar-refractivity contribution is 5.50. The van der Waals surface area contributed by atoms with Crippen molar-refractivity contribution in [3.05, 3.63) is 18.5 Å². The van der Waals surface area contributed by atoms with Gasteiger partial charge in [-0.1, -0.05) is 0 Å². The number of fused-ring (bicyclic) bond motifs is 1. The summed E-state index contributed by atoms with van der Waals surface area (Å²) in [7, 11) is 0. The van der Waals surface area contributed by atoms with Gasteiger partial charge in [0, 0.05) is 25.2 Å². The molecule has 1 N–H and O–H groups in total. The minimum Gasteiger partial charge on any atom is -0.490 e. The summed E-state index contributed by atoms with van der Waals surface area (Å²) in [6, 6.07) is 2.66. The number of nitrogens with one attached hydrogen (secondary N) is 1. The Kier molecular flexibility index (Phi) is 2.84. The molecule has 3 atom stereocenters. The molecule has 0 bridgehead atoms. The van der Waals surface area contributed by atoms with E-state index in [4.69, 9.17) is 4.74 Å². The first kappa shape index (κ1) is 11.5. The molecule has 2 saturated heterocycles. The summed E-state index contributed by atoms with van der Waals surface area (Å²) in [5.41, 5.74) is 1.23. The Morgan fingerprint density at radius 1 is 1.32 bits per heavy atom. The maximum Gasteiger partial charge on any atom is 0.139 e. The zero-order chi connectivity index (χ0) is 12.7. The van der Waals surface area contributed by atoms with E-state index in [0.717, 1.165) is 30.7 Å². The maximum absolute atomic E-state index is 5.88. The van der Waals surface area contributed by atoms with Crippen molar-refractivity contribution < 1.29 is 4.74 Å². The van der Waals surface area contributed by atoms with Crippen molar-refractivity contribution in [1.29, 1.82) is 0 Å². The average Bonchev–Trinajstić information content (AvgIpc) is 2.88. The van der Waals surface area contributed by atoms with Crippen LogP contribution in [0.2, 0.25) is 0 Å². The van der Waals surface area contributed by atoms with Crippen LogP contribution in [0.3, 0.4) is 0 Å². The molecule has 3 heterocycles. The fourth-order valence-electron chi connectivity index (χ4n) is 3.36. The molecule has 4 heteroatoms. The number of nitrogens with zero attached hydrogens (tertiary/aromatic N) is 2. The normalized spacial score (nSPS) is 32.4. The van der Waals surface area contributed by atoms with Crippen LogP contribution in [0.4, 0.5) is 5.69 Å². The molecule has 4 nitrogen and oxygen atoms in total. The highest BCUT2D eigenvalue weighted by Gasteiger charge is 2.45. The molecule has 1 aliphatic carbocycles. The Morgan fingerprint density at radius 3 is 3.00 bits per heavy atom. The summed E-state index contributed by atoms with van der Waals surface area (Å²) in [6.07, 6.45) is 7.72. The predicted molar refractivity (Wildman–Crippen MR) is 74.6 cm³/mol. The molecular weight excluding hydrogens is 238 g/mol. The van der Waals surface area contributed by atoms with Gasteiger partial charge in [0.1, 0.15) is 12.4 Å². The highest BCUT2D eigenvalue weighted by Crippen LogP contribution is 2.46. The molecule has 2 aliphatic heterocycles. The lowest BCUT2D eigenvalue weighted by Gasteiger charge is -2.20. The van der Waals surface area contributed by atoms with Gasteiger partial charge in [-0.2, -0.15) is 0 Å². The molecule has 19 heavy (non-hydrogen) atoms. The molecule has 1 aromatic rings. The van der Waals surface area contributed by atoms with Gasteiger partial charge < -0.3 is 15.0 Å². The maximum atomic E-state index is 5.88. The molecule has 4 rings (SSSR count). The zero-order valence-electron chi connectivity index (χ0n) is 11.2. The van der Waals surface area contributed by atoms with E-state index in [9.17, 15) is 0 Å². The van der Waals surface area contributed by atoms with Crippen molar-refractivity contribution >= 4 is 5.69 Å². The topological polar surface area (TPSA) is 37.4 Å². The largest absolute Gasteiger partial charge is 0.490 e. The first-order valence-corrected chi connectivity index (χ1v) is 7.45. The fraction of sp³-hybridized carbons (Fsp3) is 0.667. The molecule has 1 saturated carbocycles. The number of pyridine rings is 1. The molecule has 0 radical (unpaired) electrons. The van der Waals surface area contributed by atoms with Crippen LogP contribution in [0.1, 0.15) is 19.3 Å². The quantitative estimate of drug-likeness (QED) is 0.892. The van der Waals surface area contributed by atoms with Gasteiger partial charge in [0.05, 0.1) is 18.1 Å². The summed E-state index contributed by atoms with van der Waals surface area (Å²) in [6.45, 7) is 4.30. The van der Waals surface area contributed by atoms with Crippen molar-refractivity contribution in [2.75, 3.05) is 31.1 Å². The second kappa shape index (κ2) is 4.67. The molecule has 102 valence electrons. The summed E-state index contributed by atoms with van der Waals surface area (Å²) < 4.78 is 5.88. The standard InChI is InChI=1S/C15H21N3O/c1-2-13(17-3-1)10-19-15-5-14(6-16-7-15)18-8-11-4-12(11)9-18/h5-7,11-13,17H,1-4,8-10H2/t11-,12?,13+/m1/s1. The lowest BCUT2D eigenvalue weighted by atomic mass is 10.2. The second-order valence-electron chi connectivity index (χ2n) is 6.14. The van der Waals surface area contributed by atoms with Crippen molar-refractivity contribution in [1.82, 2.24) is 10.3 Å². The SMILES string of the molecule is c1ncc(N2CC3C[C@@H]3C2)cc1OC[C@@H]1CCCN1. The van der Waals surface area contributed by atoms with E-state index < -0.39 is 0 Å². The number of piperidine rings is 1. The van der Waals surface area contributed by atoms with E-state index in [1.807, 2.05) is 12.4 Å². The smallest absolute Gasteiger partial charge is 0.139 e. The lowest BCUT2D eigenvalue weighted by Crippen LogP contribution is -2.28. The first-order chi connectivity index (χ1) is 9.38. The summed E-state index contributed by atoms with van der Waals surface area (Å²) in [5, 5.41) is 3.45. The molecule has 1 aromatic heterocycles. The number of aromatic nitrogens is 1. The summed E-state index contributed by atoms with van der Waals surface area (Å²) in [4.78, 5) is 6.78. The van der Waals surface area contributed by atoms with Gasteiger partial charge in [0.15, 0.2) is 0 Å². The van der Waals surface area contributed by atoms with Gasteiger partial charge in [0.25, 0.3) is 0 Å². The van der Waals surface area contributed by atoms with Gasteiger partial charge in [-0.05, 0) is 37.6 Å². The van der Waals surface area contributed by atoms with E-state index in [1.54, 1.807) is 0 Å². The van der Waals surface area contributed by atoms with E-state index in [0.29, 0.717) is 6.04 Å². The van der Waals surface area contributed by atoms with Crippen LogP contribution in [-0.2, 0) is 0 Å². The van der Waals surface area contributed by atoms with Crippen LogP contribution >= 0.6 is 0 Å². The Hall–Kier alpha value is -1.29. The second-order valence-corrected chi connectivity index (χ2v) is 6.14. The Labute approximate surface area is 114 Å². The molecular formula is C15H21N3O. The van der Waals surface area contributed by atoms with Crippen LogP contribution in [0, 0.1) is 11.8 Å². The first-order valence-electron chi connectivity index (χ1n) is 7.45. The van der Waals surface area contributed by atoms with Crippen LogP contribution in [0.15, 0.2) is 18.5 Å². The monoisotopic (exact) mass is 259 g/mol. The summed E-state index contributed by atoms with van der Waals surface area (Å²) >= 11 is 0. The Morgan fingerprint density at radius 2 is 2.21 bits per heavy atom. The van der Waals surface area contributed by atoms with E-state index in [-0.39, 0.29) is 0 Å².